The molecule has 0 radical (unpaired) electrons. The standard InChI is InChI=1S/C13H17BrFNO/c1-8(2)12-6-16-7-13(17-12)10-5-9(14)3-4-11(10)15/h3-5,8,12-13,16H,6-7H2,1-2H3. The minimum atomic E-state index is -0.204. The Labute approximate surface area is 110 Å². The maximum Gasteiger partial charge on any atom is 0.129 e. The minimum absolute atomic E-state index is 0.145. The van der Waals surface area contributed by atoms with Crippen LogP contribution in [0.4, 0.5) is 4.39 Å². The van der Waals surface area contributed by atoms with E-state index in [1.54, 1.807) is 12.1 Å². The third kappa shape index (κ3) is 3.06. The third-order valence-corrected chi connectivity index (χ3v) is 3.56. The number of benzene rings is 1. The quantitative estimate of drug-likeness (QED) is 0.905. The third-order valence-electron chi connectivity index (χ3n) is 3.06. The predicted molar refractivity (Wildman–Crippen MR) is 69.4 cm³/mol. The SMILES string of the molecule is CC(C)C1CNCC(c2cc(Br)ccc2F)O1. The van der Waals surface area contributed by atoms with E-state index in [2.05, 4.69) is 35.1 Å². The molecule has 2 unspecified atom stereocenters. The first kappa shape index (κ1) is 13.0. The van der Waals surface area contributed by atoms with Gasteiger partial charge in [0.05, 0.1) is 12.2 Å². The molecule has 1 saturated heterocycles. The summed E-state index contributed by atoms with van der Waals surface area (Å²) >= 11 is 3.36. The van der Waals surface area contributed by atoms with Crippen LogP contribution >= 0.6 is 15.9 Å². The maximum absolute atomic E-state index is 13.8. The minimum Gasteiger partial charge on any atom is -0.367 e. The van der Waals surface area contributed by atoms with Crippen LogP contribution < -0.4 is 5.32 Å². The molecule has 0 amide bonds. The molecule has 94 valence electrons. The van der Waals surface area contributed by atoms with Crippen LogP contribution in [0.5, 0.6) is 0 Å². The van der Waals surface area contributed by atoms with Gasteiger partial charge in [-0.15, -0.1) is 0 Å². The van der Waals surface area contributed by atoms with Crippen molar-refractivity contribution < 1.29 is 9.13 Å². The second-order valence-corrected chi connectivity index (χ2v) is 5.65. The van der Waals surface area contributed by atoms with Crippen LogP contribution in [-0.4, -0.2) is 19.2 Å². The Hall–Kier alpha value is -0.450. The highest BCUT2D eigenvalue weighted by Gasteiger charge is 2.27. The smallest absolute Gasteiger partial charge is 0.129 e. The largest absolute Gasteiger partial charge is 0.367 e. The van der Waals surface area contributed by atoms with Crippen molar-refractivity contribution in [1.82, 2.24) is 5.32 Å². The van der Waals surface area contributed by atoms with E-state index in [9.17, 15) is 4.39 Å². The Bertz CT molecular complexity index is 397. The summed E-state index contributed by atoms with van der Waals surface area (Å²) in [6, 6.07) is 4.97. The van der Waals surface area contributed by atoms with Gasteiger partial charge in [0.1, 0.15) is 5.82 Å². The number of halogens is 2. The van der Waals surface area contributed by atoms with Crippen molar-refractivity contribution in [2.24, 2.45) is 5.92 Å². The average molecular weight is 302 g/mol. The van der Waals surface area contributed by atoms with Crippen molar-refractivity contribution in [3.05, 3.63) is 34.1 Å². The fourth-order valence-electron chi connectivity index (χ4n) is 2.00. The molecule has 0 aliphatic carbocycles. The van der Waals surface area contributed by atoms with E-state index in [1.807, 2.05) is 0 Å². The van der Waals surface area contributed by atoms with Gasteiger partial charge in [0, 0.05) is 23.1 Å². The summed E-state index contributed by atoms with van der Waals surface area (Å²) in [5, 5.41) is 3.30. The Morgan fingerprint density at radius 2 is 2.18 bits per heavy atom. The van der Waals surface area contributed by atoms with Gasteiger partial charge in [-0.05, 0) is 24.1 Å². The maximum atomic E-state index is 13.8. The Morgan fingerprint density at radius 3 is 2.88 bits per heavy atom. The van der Waals surface area contributed by atoms with Gasteiger partial charge in [0.25, 0.3) is 0 Å². The Kier molecular flexibility index (Phi) is 4.17. The number of morpholine rings is 1. The van der Waals surface area contributed by atoms with Gasteiger partial charge in [0.2, 0.25) is 0 Å². The lowest BCUT2D eigenvalue weighted by atomic mass is 10.0. The molecule has 1 fully saturated rings. The molecule has 0 spiro atoms. The van der Waals surface area contributed by atoms with Crippen LogP contribution in [0.3, 0.4) is 0 Å². The van der Waals surface area contributed by atoms with E-state index in [0.29, 0.717) is 18.0 Å². The number of rotatable bonds is 2. The summed E-state index contributed by atoms with van der Waals surface area (Å²) in [5.41, 5.74) is 0.622. The zero-order valence-electron chi connectivity index (χ0n) is 10.0. The number of ether oxygens (including phenoxy) is 1. The number of nitrogens with one attached hydrogen (secondary N) is 1. The second-order valence-electron chi connectivity index (χ2n) is 4.73. The van der Waals surface area contributed by atoms with E-state index < -0.39 is 0 Å². The fourth-order valence-corrected chi connectivity index (χ4v) is 2.38. The van der Waals surface area contributed by atoms with Gasteiger partial charge in [-0.3, -0.25) is 0 Å². The van der Waals surface area contributed by atoms with Crippen molar-refractivity contribution >= 4 is 15.9 Å². The molecule has 1 aromatic rings. The van der Waals surface area contributed by atoms with Crippen LogP contribution in [0.1, 0.15) is 25.5 Å². The van der Waals surface area contributed by atoms with Gasteiger partial charge >= 0.3 is 0 Å². The highest BCUT2D eigenvalue weighted by atomic mass is 79.9. The van der Waals surface area contributed by atoms with E-state index >= 15 is 0 Å². The van der Waals surface area contributed by atoms with Crippen molar-refractivity contribution in [2.45, 2.75) is 26.1 Å². The topological polar surface area (TPSA) is 21.3 Å². The average Bonchev–Trinajstić information content (AvgIpc) is 2.32. The number of hydrogen-bond donors (Lipinski definition) is 1. The summed E-state index contributed by atoms with van der Waals surface area (Å²) in [6.45, 7) is 5.73. The lowest BCUT2D eigenvalue weighted by Crippen LogP contribution is -2.43. The highest BCUT2D eigenvalue weighted by Crippen LogP contribution is 2.28. The van der Waals surface area contributed by atoms with Crippen LogP contribution in [0.15, 0.2) is 22.7 Å². The van der Waals surface area contributed by atoms with Crippen LogP contribution in [-0.2, 0) is 4.74 Å². The van der Waals surface area contributed by atoms with Gasteiger partial charge in [-0.25, -0.2) is 4.39 Å². The van der Waals surface area contributed by atoms with E-state index in [4.69, 9.17) is 4.74 Å². The normalized spacial score (nSPS) is 25.2. The monoisotopic (exact) mass is 301 g/mol. The lowest BCUT2D eigenvalue weighted by Gasteiger charge is -2.33. The first-order valence-corrected chi connectivity index (χ1v) is 6.68. The van der Waals surface area contributed by atoms with Crippen LogP contribution in [0, 0.1) is 11.7 Å². The second kappa shape index (κ2) is 5.46. The summed E-state index contributed by atoms with van der Waals surface area (Å²) in [7, 11) is 0. The van der Waals surface area contributed by atoms with E-state index in [0.717, 1.165) is 11.0 Å². The molecule has 0 aromatic heterocycles. The fraction of sp³-hybridized carbons (Fsp3) is 0.538. The molecule has 1 aromatic carbocycles. The molecule has 2 nitrogen and oxygen atoms in total. The Morgan fingerprint density at radius 1 is 1.41 bits per heavy atom. The van der Waals surface area contributed by atoms with Gasteiger partial charge in [-0.1, -0.05) is 29.8 Å². The summed E-state index contributed by atoms with van der Waals surface area (Å²) in [4.78, 5) is 0. The van der Waals surface area contributed by atoms with Gasteiger partial charge in [-0.2, -0.15) is 0 Å². The molecule has 1 N–H and O–H groups in total. The molecule has 1 aliphatic rings. The molecule has 4 heteroatoms. The van der Waals surface area contributed by atoms with Gasteiger partial charge < -0.3 is 10.1 Å². The summed E-state index contributed by atoms with van der Waals surface area (Å²) in [5.74, 6) is 0.227. The van der Waals surface area contributed by atoms with E-state index in [-0.39, 0.29) is 18.0 Å². The Balaban J connectivity index is 2.18. The molecule has 1 aliphatic heterocycles. The summed E-state index contributed by atoms with van der Waals surface area (Å²) < 4.78 is 20.6. The van der Waals surface area contributed by atoms with Crippen LogP contribution in [0.25, 0.3) is 0 Å². The predicted octanol–water partition coefficient (Wildman–Crippen LogP) is 3.27. The molecule has 2 rings (SSSR count). The zero-order valence-corrected chi connectivity index (χ0v) is 11.6. The molecular formula is C13H17BrFNO. The molecule has 1 heterocycles. The molecule has 2 atom stereocenters. The first-order chi connectivity index (χ1) is 8.08. The molecule has 0 bridgehead atoms. The molecular weight excluding hydrogens is 285 g/mol. The number of hydrogen-bond acceptors (Lipinski definition) is 2. The first-order valence-electron chi connectivity index (χ1n) is 5.89. The highest BCUT2D eigenvalue weighted by molar-refractivity contribution is 9.10. The van der Waals surface area contributed by atoms with Crippen molar-refractivity contribution in [2.75, 3.05) is 13.1 Å². The van der Waals surface area contributed by atoms with Crippen molar-refractivity contribution in [3.8, 4) is 0 Å². The van der Waals surface area contributed by atoms with E-state index in [1.165, 1.54) is 6.07 Å². The van der Waals surface area contributed by atoms with Crippen molar-refractivity contribution in [3.63, 3.8) is 0 Å². The van der Waals surface area contributed by atoms with Gasteiger partial charge in [0.15, 0.2) is 0 Å². The van der Waals surface area contributed by atoms with Crippen molar-refractivity contribution in [1.29, 1.82) is 0 Å². The molecule has 17 heavy (non-hydrogen) atoms. The lowest BCUT2D eigenvalue weighted by molar-refractivity contribution is -0.0616. The summed E-state index contributed by atoms with van der Waals surface area (Å²) in [6.07, 6.45) is -0.0548. The molecule has 0 saturated carbocycles. The zero-order chi connectivity index (χ0) is 12.4. The van der Waals surface area contributed by atoms with Crippen LogP contribution in [0.2, 0.25) is 0 Å².